The molecule has 0 radical (unpaired) electrons. The first-order chi connectivity index (χ1) is 10.3. The molecule has 0 bridgehead atoms. The summed E-state index contributed by atoms with van der Waals surface area (Å²) in [4.78, 5) is 21.6. The van der Waals surface area contributed by atoms with E-state index in [1.54, 1.807) is 18.5 Å². The molecule has 0 aliphatic heterocycles. The van der Waals surface area contributed by atoms with Gasteiger partial charge in [0.05, 0.1) is 0 Å². The summed E-state index contributed by atoms with van der Waals surface area (Å²) in [5, 5.41) is 1.74. The van der Waals surface area contributed by atoms with Gasteiger partial charge in [-0.25, -0.2) is 0 Å². The van der Waals surface area contributed by atoms with E-state index in [-0.39, 0.29) is 20.5 Å². The molecule has 106 valence electrons. The van der Waals surface area contributed by atoms with Crippen molar-refractivity contribution in [2.45, 2.75) is 17.0 Å². The number of rotatable bonds is 4. The molecular formula is C15H12N2O2SSe. The van der Waals surface area contributed by atoms with E-state index in [1.165, 1.54) is 16.0 Å². The molecule has 21 heavy (non-hydrogen) atoms. The molecule has 0 fully saturated rings. The van der Waals surface area contributed by atoms with Gasteiger partial charge in [-0.1, -0.05) is 0 Å². The molecule has 0 saturated carbocycles. The molecule has 0 aliphatic carbocycles. The fourth-order valence-electron chi connectivity index (χ4n) is 1.88. The quantitative estimate of drug-likeness (QED) is 0.405. The van der Waals surface area contributed by atoms with Gasteiger partial charge in [0.2, 0.25) is 0 Å². The summed E-state index contributed by atoms with van der Waals surface area (Å²) in [6.07, 6.45) is 3.40. The molecule has 2 heterocycles. The van der Waals surface area contributed by atoms with Crippen molar-refractivity contribution >= 4 is 41.9 Å². The van der Waals surface area contributed by atoms with Crippen molar-refractivity contribution in [1.82, 2.24) is 9.97 Å². The van der Waals surface area contributed by atoms with Gasteiger partial charge in [-0.15, -0.1) is 0 Å². The number of aromatic nitrogens is 2. The minimum atomic E-state index is -0.230. The predicted molar refractivity (Wildman–Crippen MR) is 83.0 cm³/mol. The van der Waals surface area contributed by atoms with Gasteiger partial charge >= 0.3 is 132 Å². The Morgan fingerprint density at radius 3 is 2.76 bits per heavy atom. The second-order valence-electron chi connectivity index (χ2n) is 4.11. The molecule has 0 saturated heterocycles. The average Bonchev–Trinajstić information content (AvgIpc) is 2.88. The first kappa shape index (κ1) is 14.3. The summed E-state index contributed by atoms with van der Waals surface area (Å²) in [6, 6.07) is 9.85. The fraction of sp³-hybridized carbons (Fsp3) is 0.133. The van der Waals surface area contributed by atoms with Crippen molar-refractivity contribution in [3.05, 3.63) is 47.2 Å². The van der Waals surface area contributed by atoms with Crippen molar-refractivity contribution < 1.29 is 9.53 Å². The van der Waals surface area contributed by atoms with Crippen molar-refractivity contribution in [2.24, 2.45) is 0 Å². The van der Waals surface area contributed by atoms with Crippen LogP contribution in [-0.4, -0.2) is 37.0 Å². The molecule has 3 rings (SSSR count). The summed E-state index contributed by atoms with van der Waals surface area (Å²) >= 11 is 1.40. The van der Waals surface area contributed by atoms with Crippen LogP contribution in [0.25, 0.3) is 9.65 Å². The minimum absolute atomic E-state index is 0.0278. The normalized spacial score (nSPS) is 10.7. The van der Waals surface area contributed by atoms with Crippen molar-refractivity contribution in [3.8, 4) is 0 Å². The van der Waals surface area contributed by atoms with Crippen LogP contribution in [0, 0.1) is 0 Å². The van der Waals surface area contributed by atoms with Gasteiger partial charge in [0.15, 0.2) is 0 Å². The van der Waals surface area contributed by atoms with Crippen molar-refractivity contribution in [3.63, 3.8) is 0 Å². The van der Waals surface area contributed by atoms with Gasteiger partial charge in [0.1, 0.15) is 0 Å². The molecule has 0 atom stereocenters. The standard InChI is InChI=1S/C15H12N2O2SSe/c1-2-19-14(18)13-12(20-15-16-8-5-9-17-15)10-6-3-4-7-11(10)21-13/h3-9H,2H2,1H3. The molecular weight excluding hydrogens is 351 g/mol. The zero-order chi connectivity index (χ0) is 14.7. The van der Waals surface area contributed by atoms with Gasteiger partial charge in [0.25, 0.3) is 0 Å². The van der Waals surface area contributed by atoms with Gasteiger partial charge in [0, 0.05) is 0 Å². The zero-order valence-corrected chi connectivity index (χ0v) is 13.8. The number of hydrogen-bond acceptors (Lipinski definition) is 5. The van der Waals surface area contributed by atoms with E-state index in [2.05, 4.69) is 16.0 Å². The molecule has 1 aromatic carbocycles. The second-order valence-corrected chi connectivity index (χ2v) is 7.30. The first-order valence-electron chi connectivity index (χ1n) is 6.43. The number of ether oxygens (including phenoxy) is 1. The van der Waals surface area contributed by atoms with E-state index >= 15 is 0 Å². The van der Waals surface area contributed by atoms with E-state index in [0.29, 0.717) is 11.8 Å². The Morgan fingerprint density at radius 1 is 1.24 bits per heavy atom. The Labute approximate surface area is 132 Å². The third kappa shape index (κ3) is 3.02. The third-order valence-electron chi connectivity index (χ3n) is 2.75. The molecule has 0 unspecified atom stereocenters. The number of nitrogens with zero attached hydrogens (tertiary/aromatic N) is 2. The number of carbonyl (C=O) groups excluding carboxylic acids is 1. The van der Waals surface area contributed by atoms with Crippen LogP contribution >= 0.6 is 11.8 Å². The van der Waals surface area contributed by atoms with Crippen LogP contribution in [0.4, 0.5) is 0 Å². The predicted octanol–water partition coefficient (Wildman–Crippen LogP) is 3.01. The number of carbonyl (C=O) groups is 1. The second kappa shape index (κ2) is 6.43. The van der Waals surface area contributed by atoms with Crippen LogP contribution in [0.2, 0.25) is 0 Å². The average molecular weight is 363 g/mol. The SMILES string of the molecule is CCOC(=O)c1[se]c2ccccc2c1Sc1ncccn1. The fourth-order valence-corrected chi connectivity index (χ4v) is 5.46. The van der Waals surface area contributed by atoms with E-state index in [0.717, 1.165) is 14.7 Å². The zero-order valence-electron chi connectivity index (χ0n) is 11.3. The van der Waals surface area contributed by atoms with Gasteiger partial charge in [-0.3, -0.25) is 0 Å². The summed E-state index contributed by atoms with van der Waals surface area (Å²) in [5.41, 5.74) is 0. The summed E-state index contributed by atoms with van der Waals surface area (Å²) in [7, 11) is 0. The van der Waals surface area contributed by atoms with Crippen molar-refractivity contribution in [2.75, 3.05) is 6.61 Å². The van der Waals surface area contributed by atoms with Crippen LogP contribution in [0.1, 0.15) is 16.2 Å². The van der Waals surface area contributed by atoms with Gasteiger partial charge in [-0.05, 0) is 0 Å². The van der Waals surface area contributed by atoms with E-state index in [9.17, 15) is 4.79 Å². The molecule has 0 N–H and O–H groups in total. The van der Waals surface area contributed by atoms with Crippen LogP contribution in [0.5, 0.6) is 0 Å². The molecule has 3 aromatic rings. The molecule has 0 amide bonds. The summed E-state index contributed by atoms with van der Waals surface area (Å²) in [5.74, 6) is -0.230. The van der Waals surface area contributed by atoms with Gasteiger partial charge in [-0.2, -0.15) is 0 Å². The Kier molecular flexibility index (Phi) is 4.39. The molecule has 4 nitrogen and oxygen atoms in total. The van der Waals surface area contributed by atoms with Crippen LogP contribution in [0.15, 0.2) is 52.8 Å². The van der Waals surface area contributed by atoms with E-state index in [4.69, 9.17) is 4.74 Å². The van der Waals surface area contributed by atoms with Crippen LogP contribution in [0.3, 0.4) is 0 Å². The Morgan fingerprint density at radius 2 is 2.00 bits per heavy atom. The topological polar surface area (TPSA) is 52.1 Å². The molecule has 6 heteroatoms. The Hall–Kier alpha value is -1.62. The van der Waals surface area contributed by atoms with Crippen molar-refractivity contribution in [1.29, 1.82) is 0 Å². The maximum atomic E-state index is 12.2. The first-order valence-corrected chi connectivity index (χ1v) is 8.96. The molecule has 0 aliphatic rings. The Balaban J connectivity index is 2.09. The maximum absolute atomic E-state index is 12.2. The molecule has 2 aromatic heterocycles. The molecule has 0 spiro atoms. The van der Waals surface area contributed by atoms with E-state index < -0.39 is 0 Å². The van der Waals surface area contributed by atoms with E-state index in [1.807, 2.05) is 25.1 Å². The summed E-state index contributed by atoms with van der Waals surface area (Å²) in [6.45, 7) is 2.20. The number of benzene rings is 1. The number of hydrogen-bond donors (Lipinski definition) is 0. The van der Waals surface area contributed by atoms with Gasteiger partial charge < -0.3 is 0 Å². The van der Waals surface area contributed by atoms with Crippen LogP contribution < -0.4 is 0 Å². The Bertz CT molecular complexity index is 774. The number of fused-ring (bicyclic) bond motifs is 1. The number of esters is 1. The third-order valence-corrected chi connectivity index (χ3v) is 6.47. The summed E-state index contributed by atoms with van der Waals surface area (Å²) < 4.78 is 7.14. The van der Waals surface area contributed by atoms with Crippen LogP contribution in [-0.2, 0) is 4.74 Å². The monoisotopic (exact) mass is 364 g/mol.